The van der Waals surface area contributed by atoms with Crippen LogP contribution in [0.1, 0.15) is 66.5 Å². The normalized spacial score (nSPS) is 16.6. The molecule has 7 heteroatoms. The van der Waals surface area contributed by atoms with Crippen molar-refractivity contribution >= 4 is 27.8 Å². The molecule has 0 bridgehead atoms. The largest absolute Gasteiger partial charge is 0.489 e. The number of aromatic nitrogens is 3. The van der Waals surface area contributed by atoms with Gasteiger partial charge in [0.25, 0.3) is 0 Å². The molecule has 2 atom stereocenters. The Balaban J connectivity index is 1.42. The van der Waals surface area contributed by atoms with Gasteiger partial charge in [0.1, 0.15) is 17.4 Å². The van der Waals surface area contributed by atoms with E-state index in [1.807, 2.05) is 33.9 Å². The van der Waals surface area contributed by atoms with Gasteiger partial charge < -0.3 is 9.84 Å². The lowest BCUT2D eigenvalue weighted by Crippen LogP contribution is -2.33. The Kier molecular flexibility index (Phi) is 7.46. The summed E-state index contributed by atoms with van der Waals surface area (Å²) < 4.78 is 8.29. The van der Waals surface area contributed by atoms with Gasteiger partial charge in [-0.3, -0.25) is 9.69 Å². The highest BCUT2D eigenvalue weighted by molar-refractivity contribution is 5.88. The van der Waals surface area contributed by atoms with E-state index in [2.05, 4.69) is 89.7 Å². The van der Waals surface area contributed by atoms with Gasteiger partial charge in [-0.25, -0.2) is 4.68 Å². The number of carboxylic acid groups (broad SMARTS) is 1. The van der Waals surface area contributed by atoms with Gasteiger partial charge in [-0.1, -0.05) is 66.7 Å². The Morgan fingerprint density at radius 1 is 1.09 bits per heavy atom. The Morgan fingerprint density at radius 2 is 1.88 bits per heavy atom. The number of aliphatic carboxylic acids is 1. The summed E-state index contributed by atoms with van der Waals surface area (Å²) in [7, 11) is 1.87. The molecule has 2 heterocycles. The summed E-state index contributed by atoms with van der Waals surface area (Å²) in [5, 5.41) is 21.5. The Morgan fingerprint density at radius 3 is 2.65 bits per heavy atom. The molecule has 0 spiro atoms. The lowest BCUT2D eigenvalue weighted by Gasteiger charge is -2.33. The van der Waals surface area contributed by atoms with E-state index in [0.29, 0.717) is 0 Å². The second-order valence-electron chi connectivity index (χ2n) is 12.6. The number of ether oxygens (including phenoxy) is 1. The summed E-state index contributed by atoms with van der Waals surface area (Å²) >= 11 is 0. The van der Waals surface area contributed by atoms with E-state index in [-0.39, 0.29) is 12.0 Å². The second-order valence-corrected chi connectivity index (χ2v) is 12.6. The molecule has 5 aromatic rings. The van der Waals surface area contributed by atoms with Gasteiger partial charge in [0, 0.05) is 38.2 Å². The number of hydrogen-bond donors (Lipinski definition) is 1. The lowest BCUT2D eigenvalue weighted by atomic mass is 9.69. The number of aryl methyl sites for hydroxylation is 3. The zero-order valence-corrected chi connectivity index (χ0v) is 25.9. The third kappa shape index (κ3) is 5.16. The minimum absolute atomic E-state index is 0.0888. The maximum atomic E-state index is 12.7. The van der Waals surface area contributed by atoms with Crippen LogP contribution in [0.25, 0.3) is 21.8 Å². The molecular weight excluding hydrogens is 536 g/mol. The van der Waals surface area contributed by atoms with E-state index in [1.165, 1.54) is 27.5 Å². The van der Waals surface area contributed by atoms with Crippen LogP contribution in [0, 0.1) is 19.3 Å². The molecule has 0 saturated heterocycles. The van der Waals surface area contributed by atoms with Gasteiger partial charge in [0.05, 0.1) is 10.9 Å². The van der Waals surface area contributed by atoms with E-state index in [4.69, 9.17) is 4.74 Å². The molecule has 1 unspecified atom stereocenters. The summed E-state index contributed by atoms with van der Waals surface area (Å²) in [5.41, 5.74) is 7.20. The van der Waals surface area contributed by atoms with Crippen LogP contribution in [0.2, 0.25) is 0 Å². The van der Waals surface area contributed by atoms with Crippen LogP contribution in [-0.4, -0.2) is 43.6 Å². The fourth-order valence-electron chi connectivity index (χ4n) is 6.67. The van der Waals surface area contributed by atoms with E-state index in [9.17, 15) is 9.90 Å². The van der Waals surface area contributed by atoms with Crippen molar-refractivity contribution in [3.05, 3.63) is 100 Å². The van der Waals surface area contributed by atoms with Gasteiger partial charge in [0.2, 0.25) is 0 Å². The molecule has 7 nitrogen and oxygen atoms in total. The second kappa shape index (κ2) is 11.1. The summed E-state index contributed by atoms with van der Waals surface area (Å²) in [5.74, 6) is -0.245. The summed E-state index contributed by atoms with van der Waals surface area (Å²) in [6.07, 6.45) is 1.01. The van der Waals surface area contributed by atoms with Crippen LogP contribution in [-0.2, 0) is 24.9 Å². The first-order valence-electron chi connectivity index (χ1n) is 15.1. The molecule has 4 aromatic carbocycles. The number of carbonyl (C=O) groups is 1. The Bertz CT molecular complexity index is 1840. The molecule has 43 heavy (non-hydrogen) atoms. The Labute approximate surface area is 253 Å². The molecule has 222 valence electrons. The molecule has 0 radical (unpaired) electrons. The number of nitrogens with zero attached hydrogens (tertiary/aromatic N) is 4. The molecule has 1 N–H and O–H groups in total. The highest BCUT2D eigenvalue weighted by Gasteiger charge is 2.40. The molecule has 1 aliphatic rings. The number of fused-ring (bicyclic) bond motifs is 4. The van der Waals surface area contributed by atoms with Crippen molar-refractivity contribution in [2.75, 3.05) is 6.54 Å². The van der Waals surface area contributed by atoms with Crippen LogP contribution in [0.3, 0.4) is 0 Å². The lowest BCUT2D eigenvalue weighted by molar-refractivity contribution is -0.147. The van der Waals surface area contributed by atoms with Crippen molar-refractivity contribution in [1.82, 2.24) is 19.9 Å². The highest BCUT2D eigenvalue weighted by Crippen LogP contribution is 2.44. The number of carboxylic acids is 1. The minimum atomic E-state index is -1.06. The third-order valence-corrected chi connectivity index (χ3v) is 9.35. The third-order valence-electron chi connectivity index (χ3n) is 9.35. The number of rotatable bonds is 7. The molecule has 0 amide bonds. The van der Waals surface area contributed by atoms with Crippen LogP contribution in [0.5, 0.6) is 5.75 Å². The summed E-state index contributed by atoms with van der Waals surface area (Å²) in [6, 6.07) is 23.3. The molecular formula is C36H40N4O3. The monoisotopic (exact) mass is 576 g/mol. The molecule has 0 fully saturated rings. The van der Waals surface area contributed by atoms with Crippen molar-refractivity contribution in [1.29, 1.82) is 0 Å². The summed E-state index contributed by atoms with van der Waals surface area (Å²) in [4.78, 5) is 15.2. The van der Waals surface area contributed by atoms with Gasteiger partial charge in [-0.2, -0.15) is 0 Å². The van der Waals surface area contributed by atoms with E-state index in [1.54, 1.807) is 4.68 Å². The van der Waals surface area contributed by atoms with Crippen molar-refractivity contribution in [3.8, 4) is 5.75 Å². The maximum absolute atomic E-state index is 12.7. The predicted molar refractivity (Wildman–Crippen MR) is 170 cm³/mol. The van der Waals surface area contributed by atoms with Gasteiger partial charge in [0.15, 0.2) is 0 Å². The minimum Gasteiger partial charge on any atom is -0.489 e. The van der Waals surface area contributed by atoms with E-state index >= 15 is 0 Å². The number of benzene rings is 4. The summed E-state index contributed by atoms with van der Waals surface area (Å²) in [6.45, 7) is 12.3. The first kappa shape index (κ1) is 28.9. The van der Waals surface area contributed by atoms with Crippen LogP contribution < -0.4 is 4.74 Å². The van der Waals surface area contributed by atoms with Gasteiger partial charge >= 0.3 is 5.97 Å². The zero-order valence-electron chi connectivity index (χ0n) is 25.9. The number of hydrogen-bond acceptors (Lipinski definition) is 5. The van der Waals surface area contributed by atoms with Gasteiger partial charge in [-0.05, 0) is 84.8 Å². The van der Waals surface area contributed by atoms with E-state index in [0.717, 1.165) is 59.5 Å². The van der Waals surface area contributed by atoms with Crippen LogP contribution >= 0.6 is 0 Å². The molecule has 6 rings (SSSR count). The molecule has 0 saturated carbocycles. The molecule has 1 aromatic heterocycles. The quantitative estimate of drug-likeness (QED) is 0.222. The van der Waals surface area contributed by atoms with Crippen LogP contribution in [0.4, 0.5) is 0 Å². The highest BCUT2D eigenvalue weighted by atomic mass is 16.5. The first-order chi connectivity index (χ1) is 20.6. The standard InChI is InChI=1S/C36H40N4O3/c1-7-27-20-40(21-30-29-11-9-8-10-24(29)14-17-32(30)43-27)19-26-18-25(13-12-22(26)2)33(36(4,5)35(41)42)28-15-16-31-34(23(28)3)37-38-39(31)6/h8-18,27,33H,7,19-21H2,1-6H3,(H,41,42)/t27-,33?/m1/s1. The average Bonchev–Trinajstić information content (AvgIpc) is 3.26. The topological polar surface area (TPSA) is 80.5 Å². The molecule has 0 aliphatic carbocycles. The Hall–Kier alpha value is -4.23. The van der Waals surface area contributed by atoms with Crippen molar-refractivity contribution in [2.24, 2.45) is 12.5 Å². The smallest absolute Gasteiger partial charge is 0.310 e. The maximum Gasteiger partial charge on any atom is 0.310 e. The first-order valence-corrected chi connectivity index (χ1v) is 15.1. The fourth-order valence-corrected chi connectivity index (χ4v) is 6.67. The predicted octanol–water partition coefficient (Wildman–Crippen LogP) is 7.15. The SMILES string of the molecule is CC[C@@H]1CN(Cc2cc(C(c3ccc4c(nnn4C)c3C)C(C)(C)C(=O)O)ccc2C)Cc2c(ccc3ccccc23)O1. The van der Waals surface area contributed by atoms with Crippen molar-refractivity contribution in [3.63, 3.8) is 0 Å². The fraction of sp³-hybridized carbons (Fsp3) is 0.361. The zero-order chi connectivity index (χ0) is 30.5. The van der Waals surface area contributed by atoms with Crippen molar-refractivity contribution in [2.45, 2.75) is 66.2 Å². The van der Waals surface area contributed by atoms with Crippen LogP contribution in [0.15, 0.2) is 66.7 Å². The molecule has 1 aliphatic heterocycles. The van der Waals surface area contributed by atoms with E-state index < -0.39 is 11.4 Å². The van der Waals surface area contributed by atoms with Gasteiger partial charge in [-0.15, -0.1) is 5.10 Å². The average molecular weight is 577 g/mol. The van der Waals surface area contributed by atoms with Crippen molar-refractivity contribution < 1.29 is 14.6 Å².